The molecule has 0 N–H and O–H groups in total. The van der Waals surface area contributed by atoms with E-state index in [-0.39, 0.29) is 5.82 Å². The van der Waals surface area contributed by atoms with Crippen molar-refractivity contribution >= 4 is 15.9 Å². The molecule has 0 saturated heterocycles. The van der Waals surface area contributed by atoms with E-state index < -0.39 is 0 Å². The highest BCUT2D eigenvalue weighted by Crippen LogP contribution is 2.31. The van der Waals surface area contributed by atoms with Gasteiger partial charge in [0.2, 0.25) is 0 Å². The van der Waals surface area contributed by atoms with Gasteiger partial charge in [-0.1, -0.05) is 13.3 Å². The fourth-order valence-corrected chi connectivity index (χ4v) is 2.43. The highest BCUT2D eigenvalue weighted by atomic mass is 79.9. The molecule has 0 fully saturated rings. The van der Waals surface area contributed by atoms with E-state index in [1.807, 2.05) is 11.6 Å². The van der Waals surface area contributed by atoms with Gasteiger partial charge in [-0.3, -0.25) is 4.68 Å². The van der Waals surface area contributed by atoms with Gasteiger partial charge in [0.15, 0.2) is 0 Å². The minimum absolute atomic E-state index is 0.216. The van der Waals surface area contributed by atoms with E-state index in [4.69, 9.17) is 0 Å². The third-order valence-corrected chi connectivity index (χ3v) is 3.84. The maximum Gasteiger partial charge on any atom is 0.123 e. The molecule has 1 heterocycles. The van der Waals surface area contributed by atoms with Crippen LogP contribution in [0.3, 0.4) is 0 Å². The lowest BCUT2D eigenvalue weighted by atomic mass is 10.1. The minimum atomic E-state index is -0.216. The molecular formula is C14H16BrFN2. The van der Waals surface area contributed by atoms with Crippen molar-refractivity contribution in [1.82, 2.24) is 9.78 Å². The van der Waals surface area contributed by atoms with Crippen LogP contribution in [0.25, 0.3) is 11.3 Å². The molecule has 1 aromatic heterocycles. The van der Waals surface area contributed by atoms with Crippen molar-refractivity contribution in [2.24, 2.45) is 0 Å². The van der Waals surface area contributed by atoms with E-state index in [1.165, 1.54) is 12.1 Å². The zero-order chi connectivity index (χ0) is 13.1. The van der Waals surface area contributed by atoms with Crippen molar-refractivity contribution in [2.75, 3.05) is 0 Å². The summed E-state index contributed by atoms with van der Waals surface area (Å²) >= 11 is 3.57. The van der Waals surface area contributed by atoms with Crippen molar-refractivity contribution in [2.45, 2.75) is 33.2 Å². The number of nitrogens with zero attached hydrogens (tertiary/aromatic N) is 2. The Hall–Kier alpha value is -1.16. The molecule has 96 valence electrons. The predicted molar refractivity (Wildman–Crippen MR) is 75.0 cm³/mol. The summed E-state index contributed by atoms with van der Waals surface area (Å²) in [5.74, 6) is -0.216. The molecule has 0 atom stereocenters. The van der Waals surface area contributed by atoms with Gasteiger partial charge in [-0.2, -0.15) is 5.10 Å². The van der Waals surface area contributed by atoms with Gasteiger partial charge in [0.1, 0.15) is 5.82 Å². The first-order valence-corrected chi connectivity index (χ1v) is 6.91. The van der Waals surface area contributed by atoms with Gasteiger partial charge >= 0.3 is 0 Å². The molecule has 0 aliphatic rings. The van der Waals surface area contributed by atoms with Crippen molar-refractivity contribution in [1.29, 1.82) is 0 Å². The zero-order valence-electron chi connectivity index (χ0n) is 10.6. The van der Waals surface area contributed by atoms with Crippen LogP contribution in [0, 0.1) is 12.7 Å². The number of aromatic nitrogens is 2. The molecular weight excluding hydrogens is 295 g/mol. The van der Waals surface area contributed by atoms with Gasteiger partial charge in [-0.05, 0) is 53.5 Å². The average Bonchev–Trinajstić information content (AvgIpc) is 2.64. The van der Waals surface area contributed by atoms with Gasteiger partial charge < -0.3 is 0 Å². The van der Waals surface area contributed by atoms with Crippen LogP contribution in [-0.4, -0.2) is 9.78 Å². The first kappa shape index (κ1) is 13.3. The number of rotatable bonds is 4. The molecule has 0 saturated carbocycles. The van der Waals surface area contributed by atoms with Crippen LogP contribution < -0.4 is 0 Å². The fraction of sp³-hybridized carbons (Fsp3) is 0.357. The fourth-order valence-electron chi connectivity index (χ4n) is 1.91. The molecule has 0 spiro atoms. The van der Waals surface area contributed by atoms with Gasteiger partial charge in [0, 0.05) is 12.1 Å². The highest BCUT2D eigenvalue weighted by molar-refractivity contribution is 9.10. The lowest BCUT2D eigenvalue weighted by Gasteiger charge is -2.07. The number of benzene rings is 1. The van der Waals surface area contributed by atoms with Gasteiger partial charge in [-0.15, -0.1) is 0 Å². The first-order valence-electron chi connectivity index (χ1n) is 6.12. The number of hydrogen-bond acceptors (Lipinski definition) is 1. The van der Waals surface area contributed by atoms with E-state index >= 15 is 0 Å². The molecule has 4 heteroatoms. The van der Waals surface area contributed by atoms with E-state index in [0.717, 1.165) is 40.8 Å². The number of unbranched alkanes of at least 4 members (excludes halogenated alkanes) is 1. The summed E-state index contributed by atoms with van der Waals surface area (Å²) in [5.41, 5.74) is 2.98. The Morgan fingerprint density at radius 1 is 1.28 bits per heavy atom. The van der Waals surface area contributed by atoms with E-state index in [0.29, 0.717) is 0 Å². The first-order chi connectivity index (χ1) is 8.63. The Morgan fingerprint density at radius 2 is 1.94 bits per heavy atom. The SMILES string of the molecule is CCCCn1nc(C)c(Br)c1-c1ccc(F)cc1. The van der Waals surface area contributed by atoms with E-state index in [9.17, 15) is 4.39 Å². The van der Waals surface area contributed by atoms with Crippen molar-refractivity contribution in [3.63, 3.8) is 0 Å². The molecule has 1 aromatic carbocycles. The third kappa shape index (κ3) is 2.64. The van der Waals surface area contributed by atoms with Gasteiger partial charge in [0.05, 0.1) is 15.9 Å². The second kappa shape index (κ2) is 5.65. The van der Waals surface area contributed by atoms with Crippen molar-refractivity contribution in [3.8, 4) is 11.3 Å². The minimum Gasteiger partial charge on any atom is -0.263 e. The van der Waals surface area contributed by atoms with Crippen LogP contribution in [0.4, 0.5) is 4.39 Å². The molecule has 0 amide bonds. The van der Waals surface area contributed by atoms with Crippen LogP contribution in [0.15, 0.2) is 28.7 Å². The molecule has 0 aliphatic heterocycles. The Bertz CT molecular complexity index is 531. The highest BCUT2D eigenvalue weighted by Gasteiger charge is 2.14. The van der Waals surface area contributed by atoms with Crippen LogP contribution >= 0.6 is 15.9 Å². The van der Waals surface area contributed by atoms with E-state index in [1.54, 1.807) is 12.1 Å². The van der Waals surface area contributed by atoms with Gasteiger partial charge in [0.25, 0.3) is 0 Å². The van der Waals surface area contributed by atoms with Crippen LogP contribution in [0.5, 0.6) is 0 Å². The Balaban J connectivity index is 2.44. The molecule has 2 aromatic rings. The summed E-state index contributed by atoms with van der Waals surface area (Å²) in [7, 11) is 0. The van der Waals surface area contributed by atoms with Crippen molar-refractivity contribution in [3.05, 3.63) is 40.2 Å². The predicted octanol–water partition coefficient (Wildman–Crippen LogP) is 4.56. The van der Waals surface area contributed by atoms with Crippen molar-refractivity contribution < 1.29 is 4.39 Å². The summed E-state index contributed by atoms with van der Waals surface area (Å²) in [6, 6.07) is 6.54. The molecule has 0 unspecified atom stereocenters. The standard InChI is InChI=1S/C14H16BrFN2/c1-3-4-9-18-14(13(15)10(2)17-18)11-5-7-12(16)8-6-11/h5-8H,3-4,9H2,1-2H3. The largest absolute Gasteiger partial charge is 0.263 e. The van der Waals surface area contributed by atoms with Gasteiger partial charge in [-0.25, -0.2) is 4.39 Å². The summed E-state index contributed by atoms with van der Waals surface area (Å²) in [5, 5.41) is 4.52. The Morgan fingerprint density at radius 3 is 2.56 bits per heavy atom. The molecule has 2 rings (SSSR count). The Labute approximate surface area is 115 Å². The van der Waals surface area contributed by atoms with Crippen LogP contribution in [0.1, 0.15) is 25.5 Å². The quantitative estimate of drug-likeness (QED) is 0.809. The molecule has 0 bridgehead atoms. The molecule has 0 radical (unpaired) electrons. The number of aryl methyl sites for hydroxylation is 2. The summed E-state index contributed by atoms with van der Waals surface area (Å²) < 4.78 is 16.0. The third-order valence-electron chi connectivity index (χ3n) is 2.90. The lowest BCUT2D eigenvalue weighted by Crippen LogP contribution is -2.02. The average molecular weight is 311 g/mol. The summed E-state index contributed by atoms with van der Waals surface area (Å²) in [6.45, 7) is 5.01. The van der Waals surface area contributed by atoms with E-state index in [2.05, 4.69) is 28.0 Å². The summed E-state index contributed by atoms with van der Waals surface area (Å²) in [4.78, 5) is 0. The molecule has 0 aliphatic carbocycles. The smallest absolute Gasteiger partial charge is 0.123 e. The number of halogens is 2. The number of hydrogen-bond donors (Lipinski definition) is 0. The second-order valence-electron chi connectivity index (χ2n) is 4.33. The zero-order valence-corrected chi connectivity index (χ0v) is 12.2. The maximum absolute atomic E-state index is 13.0. The Kier molecular flexibility index (Phi) is 4.17. The second-order valence-corrected chi connectivity index (χ2v) is 5.12. The topological polar surface area (TPSA) is 17.8 Å². The lowest BCUT2D eigenvalue weighted by molar-refractivity contribution is 0.573. The van der Waals surface area contributed by atoms with Crippen LogP contribution in [-0.2, 0) is 6.54 Å². The van der Waals surface area contributed by atoms with Crippen LogP contribution in [0.2, 0.25) is 0 Å². The summed E-state index contributed by atoms with van der Waals surface area (Å²) in [6.07, 6.45) is 2.21. The normalized spacial score (nSPS) is 10.9. The monoisotopic (exact) mass is 310 g/mol. The molecule has 18 heavy (non-hydrogen) atoms. The maximum atomic E-state index is 13.0. The molecule has 2 nitrogen and oxygen atoms in total.